The molecule has 0 heterocycles. The molecule has 0 spiro atoms. The standard InChI is InChI=1S/C13H19FN2O2/c1-10(2)5-3-4-6-15-12-7-11(14)8-13(9-12)16(17)18/h7-10,15H,3-6H2,1-2H3. The number of unbranched alkanes of at least 4 members (excludes halogenated alkanes) is 1. The van der Waals surface area contributed by atoms with Crippen LogP contribution in [0.15, 0.2) is 18.2 Å². The van der Waals surface area contributed by atoms with E-state index in [-0.39, 0.29) is 5.69 Å². The molecule has 0 saturated carbocycles. The molecule has 0 bridgehead atoms. The van der Waals surface area contributed by atoms with Gasteiger partial charge >= 0.3 is 0 Å². The largest absolute Gasteiger partial charge is 0.385 e. The van der Waals surface area contributed by atoms with Crippen molar-refractivity contribution in [2.75, 3.05) is 11.9 Å². The fourth-order valence-corrected chi connectivity index (χ4v) is 1.69. The first kappa shape index (κ1) is 14.4. The molecule has 0 aliphatic rings. The maximum atomic E-state index is 13.1. The van der Waals surface area contributed by atoms with Gasteiger partial charge in [-0.05, 0) is 18.4 Å². The highest BCUT2D eigenvalue weighted by Crippen LogP contribution is 2.20. The van der Waals surface area contributed by atoms with Crippen LogP contribution in [0.4, 0.5) is 15.8 Å². The lowest BCUT2D eigenvalue weighted by Gasteiger charge is -2.07. The fraction of sp³-hybridized carbons (Fsp3) is 0.538. The monoisotopic (exact) mass is 254 g/mol. The molecule has 0 aromatic heterocycles. The number of anilines is 1. The molecule has 0 amide bonds. The molecule has 1 aromatic rings. The predicted molar refractivity (Wildman–Crippen MR) is 70.2 cm³/mol. The van der Waals surface area contributed by atoms with E-state index in [0.717, 1.165) is 25.3 Å². The SMILES string of the molecule is CC(C)CCCCNc1cc(F)cc([N+](=O)[O-])c1. The van der Waals surface area contributed by atoms with Crippen LogP contribution in [0.1, 0.15) is 33.1 Å². The molecular weight excluding hydrogens is 235 g/mol. The zero-order valence-electron chi connectivity index (χ0n) is 10.8. The molecule has 18 heavy (non-hydrogen) atoms. The Morgan fingerprint density at radius 3 is 2.67 bits per heavy atom. The van der Waals surface area contributed by atoms with Crippen molar-refractivity contribution in [2.45, 2.75) is 33.1 Å². The maximum absolute atomic E-state index is 13.1. The van der Waals surface area contributed by atoms with Crippen molar-refractivity contribution in [3.63, 3.8) is 0 Å². The predicted octanol–water partition coefficient (Wildman–Crippen LogP) is 3.97. The lowest BCUT2D eigenvalue weighted by Crippen LogP contribution is -2.03. The first-order chi connectivity index (χ1) is 8.49. The third-order valence-electron chi connectivity index (χ3n) is 2.63. The van der Waals surface area contributed by atoms with Gasteiger partial charge in [-0.25, -0.2) is 4.39 Å². The summed E-state index contributed by atoms with van der Waals surface area (Å²) < 4.78 is 13.1. The van der Waals surface area contributed by atoms with Gasteiger partial charge in [-0.2, -0.15) is 0 Å². The molecular formula is C13H19FN2O2. The molecule has 1 aromatic carbocycles. The number of nitrogens with one attached hydrogen (secondary N) is 1. The number of halogens is 1. The molecule has 0 radical (unpaired) electrons. The lowest BCUT2D eigenvalue weighted by molar-refractivity contribution is -0.385. The molecule has 0 aliphatic carbocycles. The van der Waals surface area contributed by atoms with Gasteiger partial charge in [-0.3, -0.25) is 10.1 Å². The normalized spacial score (nSPS) is 10.7. The average Bonchev–Trinajstić information content (AvgIpc) is 2.27. The van der Waals surface area contributed by atoms with E-state index in [1.807, 2.05) is 0 Å². The summed E-state index contributed by atoms with van der Waals surface area (Å²) in [7, 11) is 0. The number of hydrogen-bond donors (Lipinski definition) is 1. The number of non-ortho nitro benzene ring substituents is 1. The van der Waals surface area contributed by atoms with E-state index in [0.29, 0.717) is 18.2 Å². The van der Waals surface area contributed by atoms with E-state index < -0.39 is 10.7 Å². The lowest BCUT2D eigenvalue weighted by atomic mass is 10.1. The van der Waals surface area contributed by atoms with E-state index in [9.17, 15) is 14.5 Å². The summed E-state index contributed by atoms with van der Waals surface area (Å²) in [5, 5.41) is 13.6. The van der Waals surface area contributed by atoms with Gasteiger partial charge in [0.2, 0.25) is 0 Å². The Kier molecular flexibility index (Phi) is 5.55. The summed E-state index contributed by atoms with van der Waals surface area (Å²) in [6.45, 7) is 5.04. The van der Waals surface area contributed by atoms with E-state index in [1.54, 1.807) is 0 Å². The van der Waals surface area contributed by atoms with Crippen LogP contribution in [-0.4, -0.2) is 11.5 Å². The molecule has 0 saturated heterocycles. The van der Waals surface area contributed by atoms with E-state index in [4.69, 9.17) is 0 Å². The molecule has 0 unspecified atom stereocenters. The van der Waals surface area contributed by atoms with Crippen LogP contribution in [0.5, 0.6) is 0 Å². The Morgan fingerprint density at radius 2 is 2.06 bits per heavy atom. The summed E-state index contributed by atoms with van der Waals surface area (Å²) in [5.41, 5.74) is 0.242. The zero-order valence-corrected chi connectivity index (χ0v) is 10.8. The van der Waals surface area contributed by atoms with Gasteiger partial charge in [0.15, 0.2) is 0 Å². The van der Waals surface area contributed by atoms with E-state index >= 15 is 0 Å². The fourth-order valence-electron chi connectivity index (χ4n) is 1.69. The first-order valence-electron chi connectivity index (χ1n) is 6.18. The summed E-state index contributed by atoms with van der Waals surface area (Å²) in [6, 6.07) is 3.55. The summed E-state index contributed by atoms with van der Waals surface area (Å²) >= 11 is 0. The number of hydrogen-bond acceptors (Lipinski definition) is 3. The van der Waals surface area contributed by atoms with Crippen LogP contribution >= 0.6 is 0 Å². The summed E-state index contributed by atoms with van der Waals surface area (Å²) in [6.07, 6.45) is 3.23. The van der Waals surface area contributed by atoms with Gasteiger partial charge in [0, 0.05) is 18.3 Å². The van der Waals surface area contributed by atoms with Crippen molar-refractivity contribution in [3.05, 3.63) is 34.1 Å². The van der Waals surface area contributed by atoms with Crippen LogP contribution in [-0.2, 0) is 0 Å². The van der Waals surface area contributed by atoms with Gasteiger partial charge in [0.1, 0.15) is 5.82 Å². The second-order valence-electron chi connectivity index (χ2n) is 4.77. The highest BCUT2D eigenvalue weighted by atomic mass is 19.1. The van der Waals surface area contributed by atoms with E-state index in [1.165, 1.54) is 12.1 Å². The Balaban J connectivity index is 2.44. The number of rotatable bonds is 7. The van der Waals surface area contributed by atoms with Crippen molar-refractivity contribution in [1.82, 2.24) is 0 Å². The van der Waals surface area contributed by atoms with Gasteiger partial charge in [-0.15, -0.1) is 0 Å². The molecule has 4 nitrogen and oxygen atoms in total. The highest BCUT2D eigenvalue weighted by molar-refractivity contribution is 5.51. The second kappa shape index (κ2) is 6.93. The molecule has 5 heteroatoms. The van der Waals surface area contributed by atoms with Gasteiger partial charge < -0.3 is 5.32 Å². The molecule has 0 aliphatic heterocycles. The van der Waals surface area contributed by atoms with Crippen LogP contribution in [0.2, 0.25) is 0 Å². The number of benzene rings is 1. The van der Waals surface area contributed by atoms with Crippen molar-refractivity contribution in [1.29, 1.82) is 0 Å². The summed E-state index contributed by atoms with van der Waals surface area (Å²) in [4.78, 5) is 9.98. The van der Waals surface area contributed by atoms with Gasteiger partial charge in [0.05, 0.1) is 11.0 Å². The first-order valence-corrected chi connectivity index (χ1v) is 6.18. The van der Waals surface area contributed by atoms with Crippen LogP contribution < -0.4 is 5.32 Å². The van der Waals surface area contributed by atoms with Crippen molar-refractivity contribution in [2.24, 2.45) is 5.92 Å². The van der Waals surface area contributed by atoms with Crippen LogP contribution in [0.3, 0.4) is 0 Å². The van der Waals surface area contributed by atoms with Crippen LogP contribution in [0.25, 0.3) is 0 Å². The zero-order chi connectivity index (χ0) is 13.5. The third kappa shape index (κ3) is 5.12. The Bertz CT molecular complexity index is 408. The highest BCUT2D eigenvalue weighted by Gasteiger charge is 2.09. The topological polar surface area (TPSA) is 55.2 Å². The Labute approximate surface area is 106 Å². The van der Waals surface area contributed by atoms with Gasteiger partial charge in [-0.1, -0.05) is 26.7 Å². The minimum atomic E-state index is -0.590. The smallest absolute Gasteiger partial charge is 0.274 e. The summed E-state index contributed by atoms with van der Waals surface area (Å²) in [5.74, 6) is 0.0918. The van der Waals surface area contributed by atoms with Crippen LogP contribution in [0, 0.1) is 21.8 Å². The molecule has 1 rings (SSSR count). The number of nitro groups is 1. The molecule has 0 atom stereocenters. The molecule has 1 N–H and O–H groups in total. The van der Waals surface area contributed by atoms with E-state index in [2.05, 4.69) is 19.2 Å². The Hall–Kier alpha value is -1.65. The minimum absolute atomic E-state index is 0.223. The molecule has 0 fully saturated rings. The molecule has 100 valence electrons. The maximum Gasteiger partial charge on any atom is 0.274 e. The van der Waals surface area contributed by atoms with Crippen molar-refractivity contribution >= 4 is 11.4 Å². The van der Waals surface area contributed by atoms with Crippen molar-refractivity contribution < 1.29 is 9.31 Å². The number of nitrogens with zero attached hydrogens (tertiary/aromatic N) is 1. The van der Waals surface area contributed by atoms with Crippen molar-refractivity contribution in [3.8, 4) is 0 Å². The quantitative estimate of drug-likeness (QED) is 0.455. The second-order valence-corrected chi connectivity index (χ2v) is 4.77. The number of nitro benzene ring substituents is 1. The average molecular weight is 254 g/mol. The minimum Gasteiger partial charge on any atom is -0.385 e. The third-order valence-corrected chi connectivity index (χ3v) is 2.63. The Morgan fingerprint density at radius 1 is 1.33 bits per heavy atom. The van der Waals surface area contributed by atoms with Gasteiger partial charge in [0.25, 0.3) is 5.69 Å².